The number of aliphatic imine (C=N–C) groups is 1. The molecule has 9 heteroatoms. The third-order valence-corrected chi connectivity index (χ3v) is 3.80. The van der Waals surface area contributed by atoms with Crippen molar-refractivity contribution in [3.63, 3.8) is 0 Å². The van der Waals surface area contributed by atoms with E-state index in [2.05, 4.69) is 10.3 Å². The van der Waals surface area contributed by atoms with E-state index in [1.54, 1.807) is 5.32 Å². The van der Waals surface area contributed by atoms with Crippen LogP contribution in [0.25, 0.3) is 0 Å². The van der Waals surface area contributed by atoms with E-state index >= 15 is 0 Å². The van der Waals surface area contributed by atoms with Crippen molar-refractivity contribution in [1.29, 1.82) is 0 Å². The number of imide groups is 2. The molecule has 8 nitrogen and oxygen atoms in total. The number of piperidine rings is 1. The van der Waals surface area contributed by atoms with Gasteiger partial charge in [-0.05, 0) is 6.92 Å². The average Bonchev–Trinajstić information content (AvgIpc) is 2.63. The van der Waals surface area contributed by atoms with Gasteiger partial charge in [0.1, 0.15) is 5.71 Å². The molecule has 2 atom stereocenters. The Kier molecular flexibility index (Phi) is 2.53. The molecule has 21 heavy (non-hydrogen) atoms. The maximum absolute atomic E-state index is 15.0. The highest BCUT2D eigenvalue weighted by Crippen LogP contribution is 2.35. The standard InChI is InChI=1S/C12H11FN4O4/c1-11-7(14-4-5-15-11)8(19)17(10(11)21)12(13)3-2-6(18)16-9(12)20/h4-5,15H,2-3H2,1H3,(H,16,18,20). The van der Waals surface area contributed by atoms with Gasteiger partial charge < -0.3 is 5.32 Å². The lowest BCUT2D eigenvalue weighted by Gasteiger charge is -2.34. The molecule has 110 valence electrons. The number of hydrogen-bond donors (Lipinski definition) is 2. The van der Waals surface area contributed by atoms with Gasteiger partial charge in [0.25, 0.3) is 23.5 Å². The fourth-order valence-electron chi connectivity index (χ4n) is 2.58. The number of carbonyl (C=O) groups is 4. The fourth-order valence-corrected chi connectivity index (χ4v) is 2.58. The van der Waals surface area contributed by atoms with Gasteiger partial charge in [-0.1, -0.05) is 0 Å². The van der Waals surface area contributed by atoms with Crippen molar-refractivity contribution in [2.75, 3.05) is 0 Å². The Hall–Kier alpha value is -2.58. The number of rotatable bonds is 1. The van der Waals surface area contributed by atoms with E-state index in [1.807, 2.05) is 0 Å². The topological polar surface area (TPSA) is 108 Å². The van der Waals surface area contributed by atoms with Gasteiger partial charge in [0.05, 0.1) is 0 Å². The maximum Gasteiger partial charge on any atom is 0.285 e. The second-order valence-corrected chi connectivity index (χ2v) is 5.15. The number of nitrogens with one attached hydrogen (secondary N) is 2. The van der Waals surface area contributed by atoms with Gasteiger partial charge in [-0.25, -0.2) is 9.29 Å². The van der Waals surface area contributed by atoms with Crippen molar-refractivity contribution < 1.29 is 23.6 Å². The number of alkyl halides is 1. The van der Waals surface area contributed by atoms with E-state index in [-0.39, 0.29) is 17.0 Å². The van der Waals surface area contributed by atoms with Crippen molar-refractivity contribution >= 4 is 29.3 Å². The molecule has 2 N–H and O–H groups in total. The molecule has 3 aliphatic heterocycles. The number of hydrogen-bond acceptors (Lipinski definition) is 6. The van der Waals surface area contributed by atoms with Crippen LogP contribution in [-0.4, -0.2) is 45.6 Å². The van der Waals surface area contributed by atoms with Gasteiger partial charge in [0.15, 0.2) is 5.54 Å². The molecule has 0 aromatic rings. The summed E-state index contributed by atoms with van der Waals surface area (Å²) >= 11 is 0. The average molecular weight is 294 g/mol. The minimum Gasteiger partial charge on any atom is -0.371 e. The van der Waals surface area contributed by atoms with Gasteiger partial charge >= 0.3 is 0 Å². The molecule has 4 amide bonds. The van der Waals surface area contributed by atoms with Crippen LogP contribution in [0.1, 0.15) is 19.8 Å². The van der Waals surface area contributed by atoms with Crippen LogP contribution in [0.3, 0.4) is 0 Å². The molecular weight excluding hydrogens is 283 g/mol. The van der Waals surface area contributed by atoms with Gasteiger partial charge in [0, 0.05) is 25.2 Å². The highest BCUT2D eigenvalue weighted by Gasteiger charge is 2.64. The lowest BCUT2D eigenvalue weighted by Crippen LogP contribution is -2.63. The van der Waals surface area contributed by atoms with Crippen LogP contribution in [0.15, 0.2) is 17.4 Å². The van der Waals surface area contributed by atoms with Crippen LogP contribution in [0.4, 0.5) is 4.39 Å². The van der Waals surface area contributed by atoms with Gasteiger partial charge in [-0.3, -0.25) is 29.5 Å². The first-order valence-electron chi connectivity index (χ1n) is 6.24. The first-order chi connectivity index (χ1) is 9.80. The Morgan fingerprint density at radius 1 is 1.33 bits per heavy atom. The van der Waals surface area contributed by atoms with Crippen LogP contribution in [0.2, 0.25) is 0 Å². The van der Waals surface area contributed by atoms with E-state index < -0.39 is 41.4 Å². The number of halogens is 1. The zero-order valence-corrected chi connectivity index (χ0v) is 11.0. The SMILES string of the molecule is CC12NC=CN=C1C(=O)N(C1(F)CCC(=O)NC1=O)C2=O. The van der Waals surface area contributed by atoms with Crippen LogP contribution in [0, 0.1) is 0 Å². The first kappa shape index (κ1) is 13.4. The zero-order valence-electron chi connectivity index (χ0n) is 11.0. The molecule has 0 aromatic heterocycles. The molecule has 3 aliphatic rings. The summed E-state index contributed by atoms with van der Waals surface area (Å²) < 4.78 is 15.0. The number of fused-ring (bicyclic) bond motifs is 1. The lowest BCUT2D eigenvalue weighted by atomic mass is 9.97. The van der Waals surface area contributed by atoms with Gasteiger partial charge in [0.2, 0.25) is 5.91 Å². The lowest BCUT2D eigenvalue weighted by molar-refractivity contribution is -0.171. The van der Waals surface area contributed by atoms with E-state index in [0.29, 0.717) is 0 Å². The Labute approximate surface area is 118 Å². The number of nitrogens with zero attached hydrogens (tertiary/aromatic N) is 2. The van der Waals surface area contributed by atoms with Gasteiger partial charge in [-0.15, -0.1) is 0 Å². The molecule has 0 spiro atoms. The fraction of sp³-hybridized carbons (Fsp3) is 0.417. The molecule has 0 saturated carbocycles. The smallest absolute Gasteiger partial charge is 0.285 e. The highest BCUT2D eigenvalue weighted by molar-refractivity contribution is 6.54. The van der Waals surface area contributed by atoms with Crippen molar-refractivity contribution in [2.24, 2.45) is 4.99 Å². The van der Waals surface area contributed by atoms with Crippen molar-refractivity contribution in [3.05, 3.63) is 12.4 Å². The predicted molar refractivity (Wildman–Crippen MR) is 66.2 cm³/mol. The summed E-state index contributed by atoms with van der Waals surface area (Å²) in [6, 6.07) is 0. The molecule has 0 bridgehead atoms. The molecule has 2 fully saturated rings. The van der Waals surface area contributed by atoms with Crippen LogP contribution in [-0.2, 0) is 19.2 Å². The van der Waals surface area contributed by atoms with Crippen LogP contribution in [0.5, 0.6) is 0 Å². The third-order valence-electron chi connectivity index (χ3n) is 3.80. The van der Waals surface area contributed by atoms with Gasteiger partial charge in [-0.2, -0.15) is 0 Å². The third kappa shape index (κ3) is 1.57. The molecule has 3 rings (SSSR count). The van der Waals surface area contributed by atoms with E-state index in [9.17, 15) is 23.6 Å². The predicted octanol–water partition coefficient (Wildman–Crippen LogP) is -1.27. The molecule has 0 radical (unpaired) electrons. The summed E-state index contributed by atoms with van der Waals surface area (Å²) in [5.74, 6) is -6.73. The number of likely N-dealkylation sites (tertiary alicyclic amines) is 1. The van der Waals surface area contributed by atoms with E-state index in [0.717, 1.165) is 0 Å². The Morgan fingerprint density at radius 2 is 2.05 bits per heavy atom. The zero-order chi connectivity index (χ0) is 15.4. The summed E-state index contributed by atoms with van der Waals surface area (Å²) in [5.41, 5.74) is -1.69. The Bertz CT molecular complexity index is 658. The van der Waals surface area contributed by atoms with Crippen LogP contribution < -0.4 is 10.6 Å². The molecule has 2 unspecified atom stereocenters. The van der Waals surface area contributed by atoms with Crippen molar-refractivity contribution in [3.8, 4) is 0 Å². The van der Waals surface area contributed by atoms with E-state index in [1.165, 1.54) is 19.3 Å². The molecular formula is C12H11FN4O4. The second kappa shape index (κ2) is 3.96. The number of carbonyl (C=O) groups excluding carboxylic acids is 4. The highest BCUT2D eigenvalue weighted by atomic mass is 19.1. The second-order valence-electron chi connectivity index (χ2n) is 5.15. The summed E-state index contributed by atoms with van der Waals surface area (Å²) in [7, 11) is 0. The summed E-state index contributed by atoms with van der Waals surface area (Å²) in [6.45, 7) is 1.38. The normalized spacial score (nSPS) is 35.3. The minimum atomic E-state index is -2.88. The van der Waals surface area contributed by atoms with E-state index in [4.69, 9.17) is 0 Å². The van der Waals surface area contributed by atoms with Crippen LogP contribution >= 0.6 is 0 Å². The quantitative estimate of drug-likeness (QED) is 0.463. The minimum absolute atomic E-state index is 0.184. The molecule has 0 aromatic carbocycles. The molecule has 2 saturated heterocycles. The summed E-state index contributed by atoms with van der Waals surface area (Å²) in [5, 5.41) is 4.47. The Morgan fingerprint density at radius 3 is 2.67 bits per heavy atom. The van der Waals surface area contributed by atoms with Crippen molar-refractivity contribution in [2.45, 2.75) is 31.1 Å². The summed E-state index contributed by atoms with van der Waals surface area (Å²) in [4.78, 5) is 51.7. The molecule has 3 heterocycles. The van der Waals surface area contributed by atoms with Crippen molar-refractivity contribution in [1.82, 2.24) is 15.5 Å². The molecule has 0 aliphatic carbocycles. The first-order valence-corrected chi connectivity index (χ1v) is 6.24. The Balaban J connectivity index is 2.04. The monoisotopic (exact) mass is 294 g/mol. The largest absolute Gasteiger partial charge is 0.371 e. The summed E-state index contributed by atoms with van der Waals surface area (Å²) in [6.07, 6.45) is 1.76. The number of amides is 4. The maximum atomic E-state index is 15.0.